The molecule has 2 aromatic rings. The zero-order valence-corrected chi connectivity index (χ0v) is 15.4. The lowest BCUT2D eigenvalue weighted by molar-refractivity contribution is -0.143. The van der Waals surface area contributed by atoms with Crippen molar-refractivity contribution >= 4 is 46.4 Å². The molecule has 0 spiro atoms. The zero-order valence-electron chi connectivity index (χ0n) is 13.9. The molecule has 0 fully saturated rings. The highest BCUT2D eigenvalue weighted by molar-refractivity contribution is 6.34. The summed E-state index contributed by atoms with van der Waals surface area (Å²) in [7, 11) is 0.983. The van der Waals surface area contributed by atoms with E-state index in [2.05, 4.69) is 15.7 Å². The van der Waals surface area contributed by atoms with Gasteiger partial charge in [0.25, 0.3) is 5.91 Å². The quantitative estimate of drug-likeness (QED) is 0.565. The molecule has 0 saturated heterocycles. The molecule has 0 aliphatic carbocycles. The Balaban J connectivity index is 2.31. The van der Waals surface area contributed by atoms with Crippen LogP contribution in [0.2, 0.25) is 5.02 Å². The second-order valence-corrected chi connectivity index (χ2v) is 6.28. The number of hydrogen-bond acceptors (Lipinski definition) is 4. The largest absolute Gasteiger partial charge is 0.481 e. The van der Waals surface area contributed by atoms with Gasteiger partial charge in [-0.3, -0.25) is 14.3 Å². The van der Waals surface area contributed by atoms with Gasteiger partial charge in [-0.15, -0.1) is 11.6 Å². The van der Waals surface area contributed by atoms with Gasteiger partial charge in [0, 0.05) is 13.1 Å². The van der Waals surface area contributed by atoms with Crippen molar-refractivity contribution < 1.29 is 31.9 Å². The van der Waals surface area contributed by atoms with Crippen LogP contribution < -0.4 is 15.4 Å². The maximum absolute atomic E-state index is 14.8. The molecule has 0 atom stereocenters. The van der Waals surface area contributed by atoms with Crippen molar-refractivity contribution in [1.29, 1.82) is 0 Å². The minimum absolute atomic E-state index is 0.131. The third kappa shape index (κ3) is 3.47. The van der Waals surface area contributed by atoms with Gasteiger partial charge < -0.3 is 15.4 Å². The molecule has 0 saturated carbocycles. The van der Waals surface area contributed by atoms with E-state index in [-0.39, 0.29) is 17.1 Å². The summed E-state index contributed by atoms with van der Waals surface area (Å²) in [5.41, 5.74) is -2.97. The number of anilines is 2. The number of halogens is 6. The van der Waals surface area contributed by atoms with Crippen LogP contribution in [0.1, 0.15) is 5.69 Å². The number of nitrogens with one attached hydrogen (secondary N) is 2. The molecular formula is C15H10Cl2F4N4O3. The molecule has 3 rings (SSSR count). The number of nitrogens with zero attached hydrogens (tertiary/aromatic N) is 2. The third-order valence-corrected chi connectivity index (χ3v) is 4.35. The topological polar surface area (TPSA) is 85.3 Å². The lowest BCUT2D eigenvalue weighted by atomic mass is 10.0. The van der Waals surface area contributed by atoms with Gasteiger partial charge >= 0.3 is 6.18 Å². The number of ether oxygens (including phenoxy) is 1. The number of carbonyl (C=O) groups is 2. The fourth-order valence-corrected chi connectivity index (χ4v) is 3.11. The van der Waals surface area contributed by atoms with Gasteiger partial charge in [0.1, 0.15) is 28.8 Å². The molecule has 2 heterocycles. The van der Waals surface area contributed by atoms with Crippen molar-refractivity contribution in [1.82, 2.24) is 9.78 Å². The number of aryl methyl sites for hydroxylation is 1. The normalized spacial score (nSPS) is 13.6. The van der Waals surface area contributed by atoms with Gasteiger partial charge in [0.15, 0.2) is 12.3 Å². The van der Waals surface area contributed by atoms with Gasteiger partial charge in [-0.05, 0) is 0 Å². The van der Waals surface area contributed by atoms with E-state index in [0.717, 1.165) is 13.1 Å². The van der Waals surface area contributed by atoms with E-state index < -0.39 is 58.3 Å². The summed E-state index contributed by atoms with van der Waals surface area (Å²) < 4.78 is 60.0. The van der Waals surface area contributed by atoms with Crippen LogP contribution in [0.15, 0.2) is 6.07 Å². The maximum atomic E-state index is 14.8. The zero-order chi connectivity index (χ0) is 20.8. The monoisotopic (exact) mass is 440 g/mol. The summed E-state index contributed by atoms with van der Waals surface area (Å²) in [5, 5.41) is 7.41. The first-order chi connectivity index (χ1) is 13.0. The standard InChI is InChI=1S/C15H10Cl2F4N4O3/c1-25-14(15(19,20)21)10(17)12(24-25)9-5(18)2-6-11(23-8(27)4-28-6)13(9)22-7(26)3-16/h2H,3-4H2,1H3,(H,22,26)(H,23,27). The smallest absolute Gasteiger partial charge is 0.434 e. The number of alkyl halides is 4. The highest BCUT2D eigenvalue weighted by atomic mass is 35.5. The van der Waals surface area contributed by atoms with Crippen molar-refractivity contribution in [3.8, 4) is 17.0 Å². The van der Waals surface area contributed by atoms with Crippen molar-refractivity contribution in [2.45, 2.75) is 6.18 Å². The molecule has 2 amide bonds. The Morgan fingerprint density at radius 3 is 2.71 bits per heavy atom. The fraction of sp³-hybridized carbons (Fsp3) is 0.267. The molecule has 150 valence electrons. The summed E-state index contributed by atoms with van der Waals surface area (Å²) >= 11 is 11.3. The molecule has 0 unspecified atom stereocenters. The van der Waals surface area contributed by atoms with Crippen LogP contribution in [0.5, 0.6) is 5.75 Å². The van der Waals surface area contributed by atoms with Crippen molar-refractivity contribution in [2.24, 2.45) is 7.05 Å². The van der Waals surface area contributed by atoms with Crippen LogP contribution in [0.4, 0.5) is 28.9 Å². The predicted octanol–water partition coefficient (Wildman–Crippen LogP) is 3.41. The van der Waals surface area contributed by atoms with Crippen molar-refractivity contribution in [2.75, 3.05) is 23.1 Å². The Morgan fingerprint density at radius 2 is 2.14 bits per heavy atom. The van der Waals surface area contributed by atoms with Crippen LogP contribution in [-0.2, 0) is 22.8 Å². The predicted molar refractivity (Wildman–Crippen MR) is 92.1 cm³/mol. The molecule has 1 aromatic carbocycles. The van der Waals surface area contributed by atoms with Crippen molar-refractivity contribution in [3.05, 3.63) is 22.6 Å². The minimum atomic E-state index is -4.86. The molecule has 1 aliphatic rings. The van der Waals surface area contributed by atoms with Gasteiger partial charge in [-0.25, -0.2) is 4.39 Å². The lowest BCUT2D eigenvalue weighted by Gasteiger charge is -2.23. The van der Waals surface area contributed by atoms with E-state index in [1.54, 1.807) is 0 Å². The number of fused-ring (bicyclic) bond motifs is 1. The van der Waals surface area contributed by atoms with Gasteiger partial charge in [0.05, 0.1) is 16.3 Å². The fourth-order valence-electron chi connectivity index (χ4n) is 2.68. The van der Waals surface area contributed by atoms with E-state index in [1.165, 1.54) is 0 Å². The van der Waals surface area contributed by atoms with E-state index in [0.29, 0.717) is 4.68 Å². The first-order valence-corrected chi connectivity index (χ1v) is 8.40. The molecular weight excluding hydrogens is 431 g/mol. The number of hydrogen-bond donors (Lipinski definition) is 2. The number of carbonyl (C=O) groups excluding carboxylic acids is 2. The molecule has 0 bridgehead atoms. The molecule has 1 aromatic heterocycles. The first kappa shape index (κ1) is 20.2. The van der Waals surface area contributed by atoms with E-state index in [1.807, 2.05) is 0 Å². The summed E-state index contributed by atoms with van der Waals surface area (Å²) in [5.74, 6) is -3.17. The van der Waals surface area contributed by atoms with Crippen LogP contribution in [0, 0.1) is 5.82 Å². The lowest BCUT2D eigenvalue weighted by Crippen LogP contribution is -2.27. The number of rotatable bonds is 3. The first-order valence-electron chi connectivity index (χ1n) is 7.49. The highest BCUT2D eigenvalue weighted by Crippen LogP contribution is 2.47. The average Bonchev–Trinajstić information content (AvgIpc) is 2.89. The summed E-state index contributed by atoms with van der Waals surface area (Å²) in [6.07, 6.45) is -4.86. The average molecular weight is 441 g/mol. The van der Waals surface area contributed by atoms with Crippen LogP contribution in [-0.4, -0.2) is 34.1 Å². The highest BCUT2D eigenvalue weighted by Gasteiger charge is 2.40. The van der Waals surface area contributed by atoms with E-state index in [4.69, 9.17) is 27.9 Å². The van der Waals surface area contributed by atoms with Gasteiger partial charge in [-0.2, -0.15) is 18.3 Å². The summed E-state index contributed by atoms with van der Waals surface area (Å²) in [6.45, 7) is -0.406. The Labute approximate surface area is 164 Å². The maximum Gasteiger partial charge on any atom is 0.434 e. The Morgan fingerprint density at radius 1 is 1.46 bits per heavy atom. The second-order valence-electron chi connectivity index (χ2n) is 5.63. The Kier molecular flexibility index (Phi) is 5.15. The third-order valence-electron chi connectivity index (χ3n) is 3.75. The Hall–Kier alpha value is -2.53. The van der Waals surface area contributed by atoms with Crippen molar-refractivity contribution in [3.63, 3.8) is 0 Å². The molecule has 28 heavy (non-hydrogen) atoms. The van der Waals surface area contributed by atoms with E-state index >= 15 is 0 Å². The van der Waals surface area contributed by atoms with Crippen LogP contribution in [0.25, 0.3) is 11.3 Å². The van der Waals surface area contributed by atoms with Gasteiger partial charge in [0.2, 0.25) is 5.91 Å². The molecule has 1 aliphatic heterocycles. The Bertz CT molecular complexity index is 991. The summed E-state index contributed by atoms with van der Waals surface area (Å²) in [6, 6.07) is 0.846. The van der Waals surface area contributed by atoms with Crippen LogP contribution >= 0.6 is 23.2 Å². The molecule has 2 N–H and O–H groups in total. The molecule has 0 radical (unpaired) electrons. The number of benzene rings is 1. The van der Waals surface area contributed by atoms with Gasteiger partial charge in [-0.1, -0.05) is 11.6 Å². The second kappa shape index (κ2) is 7.13. The van der Waals surface area contributed by atoms with Crippen LogP contribution in [0.3, 0.4) is 0 Å². The summed E-state index contributed by atoms with van der Waals surface area (Å²) in [4.78, 5) is 23.5. The molecule has 13 heteroatoms. The van der Waals surface area contributed by atoms with E-state index in [9.17, 15) is 27.2 Å². The number of aromatic nitrogens is 2. The SMILES string of the molecule is Cn1nc(-c2c(F)cc3c(c2NC(=O)CCl)NC(=O)CO3)c(Cl)c1C(F)(F)F. The minimum Gasteiger partial charge on any atom is -0.481 e. The molecule has 7 nitrogen and oxygen atoms in total. The number of amides is 2.